The molecule has 0 aromatic carbocycles. The van der Waals surface area contributed by atoms with Crippen molar-refractivity contribution in [2.24, 2.45) is 0 Å². The van der Waals surface area contributed by atoms with Gasteiger partial charge in [0.15, 0.2) is 0 Å². The first-order valence-corrected chi connectivity index (χ1v) is 4.29. The average molecular weight is 531 g/mol. The maximum absolute atomic E-state index is 9.76. The number of rotatable bonds is 4. The molecule has 8 nitrogen and oxygen atoms in total. The summed E-state index contributed by atoms with van der Waals surface area (Å²) < 4.78 is 0. The molecule has 0 saturated carbocycles. The molecule has 0 aliphatic carbocycles. The third kappa shape index (κ3) is 20.8. The van der Waals surface area contributed by atoms with Gasteiger partial charge in [0.25, 0.3) is 0 Å². The van der Waals surface area contributed by atoms with Gasteiger partial charge in [-0.05, 0) is 37.1 Å². The van der Waals surface area contributed by atoms with E-state index in [1.807, 2.05) is 0 Å². The fourth-order valence-electron chi connectivity index (χ4n) is 0.471. The van der Waals surface area contributed by atoms with Crippen LogP contribution in [0, 0.1) is 0 Å². The predicted molar refractivity (Wildman–Crippen MR) is 59.1 cm³/mol. The molecule has 0 saturated heterocycles. The smallest absolute Gasteiger partial charge is 0.545 e. The van der Waals surface area contributed by atoms with Gasteiger partial charge in [0.2, 0.25) is 0 Å². The second kappa shape index (κ2) is 15.9. The van der Waals surface area contributed by atoms with Crippen LogP contribution in [0.4, 0.5) is 0 Å². The quantitative estimate of drug-likeness (QED) is 0.256. The van der Waals surface area contributed by atoms with Gasteiger partial charge in [-0.3, -0.25) is 0 Å². The van der Waals surface area contributed by atoms with E-state index in [2.05, 4.69) is 0 Å². The molecule has 100 valence electrons. The van der Waals surface area contributed by atoms with E-state index in [9.17, 15) is 39.6 Å². The summed E-state index contributed by atoms with van der Waals surface area (Å²) >= 11 is 0. The van der Waals surface area contributed by atoms with Crippen LogP contribution >= 0.6 is 0 Å². The SMILES string of the molecule is CC(=CC(=O)[O-])C(=O)[O-].CC(=CC(=O)[O-])C(=O)[O-].[Ba+2].[Ba+2]. The number of carboxylic acids is 4. The average Bonchev–Trinajstić information content (AvgIpc) is 2.16. The van der Waals surface area contributed by atoms with Crippen molar-refractivity contribution >= 4 is 122 Å². The van der Waals surface area contributed by atoms with Gasteiger partial charge in [-0.2, -0.15) is 0 Å². The van der Waals surface area contributed by atoms with Gasteiger partial charge in [-0.1, -0.05) is 0 Å². The molecule has 0 aromatic heterocycles. The van der Waals surface area contributed by atoms with E-state index in [1.54, 1.807) is 0 Å². The largest absolute Gasteiger partial charge is 2.00 e. The van der Waals surface area contributed by atoms with Crippen LogP contribution in [0.25, 0.3) is 0 Å². The number of carbonyl (C=O) groups is 4. The minimum absolute atomic E-state index is 0. The Balaban J connectivity index is -0.000000116. The maximum Gasteiger partial charge on any atom is 2.00 e. The first-order valence-electron chi connectivity index (χ1n) is 4.29. The van der Waals surface area contributed by atoms with E-state index in [4.69, 9.17) is 0 Å². The summed E-state index contributed by atoms with van der Waals surface area (Å²) in [7, 11) is 0. The normalized spacial score (nSPS) is 9.90. The summed E-state index contributed by atoms with van der Waals surface area (Å²) in [6.45, 7) is 2.23. The maximum atomic E-state index is 9.76. The van der Waals surface area contributed by atoms with Gasteiger partial charge in [0.05, 0.1) is 23.9 Å². The molecule has 10 heteroatoms. The van der Waals surface area contributed by atoms with Gasteiger partial charge in [-0.25, -0.2) is 0 Å². The summed E-state index contributed by atoms with van der Waals surface area (Å²) in [5, 5.41) is 38.8. The van der Waals surface area contributed by atoms with E-state index in [0.29, 0.717) is 12.2 Å². The summed E-state index contributed by atoms with van der Waals surface area (Å²) in [5.74, 6) is -6.06. The molecule has 0 amide bonds. The van der Waals surface area contributed by atoms with Gasteiger partial charge < -0.3 is 39.6 Å². The van der Waals surface area contributed by atoms with Crippen LogP contribution in [0.2, 0.25) is 0 Å². The minimum atomic E-state index is -1.53. The van der Waals surface area contributed by atoms with E-state index >= 15 is 0 Å². The summed E-state index contributed by atoms with van der Waals surface area (Å²) in [6.07, 6.45) is 0.935. The molecule has 0 aliphatic rings. The number of hydrogen-bond donors (Lipinski definition) is 0. The molecule has 0 fully saturated rings. The zero-order valence-corrected chi connectivity index (χ0v) is 19.7. The third-order valence-electron chi connectivity index (χ3n) is 1.31. The monoisotopic (exact) mass is 532 g/mol. The number of carboxylic acid groups (broad SMARTS) is 4. The fraction of sp³-hybridized carbons (Fsp3) is 0.200. The van der Waals surface area contributed by atoms with E-state index < -0.39 is 23.9 Å². The summed E-state index contributed by atoms with van der Waals surface area (Å²) in [6, 6.07) is 0. The third-order valence-corrected chi connectivity index (χ3v) is 1.31. The van der Waals surface area contributed by atoms with Crippen LogP contribution in [0.15, 0.2) is 23.3 Å². The summed E-state index contributed by atoms with van der Waals surface area (Å²) in [5.41, 5.74) is -0.704. The Morgan fingerprint density at radius 3 is 0.900 bits per heavy atom. The van der Waals surface area contributed by atoms with Crippen LogP contribution in [0.3, 0.4) is 0 Å². The zero-order chi connectivity index (χ0) is 14.9. The molecular weight excluding hydrogens is 523 g/mol. The van der Waals surface area contributed by atoms with Gasteiger partial charge in [-0.15, -0.1) is 0 Å². The van der Waals surface area contributed by atoms with Gasteiger partial charge in [0.1, 0.15) is 0 Å². The van der Waals surface area contributed by atoms with E-state index in [1.165, 1.54) is 0 Å². The fourth-order valence-corrected chi connectivity index (χ4v) is 0.471. The Hall–Kier alpha value is 0.503. The summed E-state index contributed by atoms with van der Waals surface area (Å²) in [4.78, 5) is 38.8. The zero-order valence-electron chi connectivity index (χ0n) is 10.8. The Kier molecular flexibility index (Phi) is 22.7. The Morgan fingerprint density at radius 1 is 0.650 bits per heavy atom. The standard InChI is InChI=1S/2C5H6O4.2Ba/c2*1-3(5(8)9)2-4(6)7;;/h2*2H,1H3,(H,6,7)(H,8,9);;/q;;2*+2/p-4. The van der Waals surface area contributed by atoms with E-state index in [0.717, 1.165) is 13.8 Å². The van der Waals surface area contributed by atoms with Crippen LogP contribution in [-0.2, 0) is 19.2 Å². The molecule has 0 atom stereocenters. The Morgan fingerprint density at radius 2 is 0.850 bits per heavy atom. The van der Waals surface area contributed by atoms with Crippen molar-refractivity contribution in [3.63, 3.8) is 0 Å². The van der Waals surface area contributed by atoms with E-state index in [-0.39, 0.29) is 109 Å². The molecular formula is C10H8Ba2O8. The molecule has 0 aromatic rings. The van der Waals surface area contributed by atoms with Gasteiger partial charge in [0, 0.05) is 0 Å². The number of hydrogen-bond acceptors (Lipinski definition) is 8. The molecule has 0 aliphatic heterocycles. The molecule has 0 N–H and O–H groups in total. The molecule has 0 radical (unpaired) electrons. The van der Waals surface area contributed by atoms with Crippen LogP contribution in [0.5, 0.6) is 0 Å². The molecule has 20 heavy (non-hydrogen) atoms. The molecule has 0 rings (SSSR count). The second-order valence-corrected chi connectivity index (χ2v) is 2.87. The van der Waals surface area contributed by atoms with Crippen LogP contribution in [-0.4, -0.2) is 122 Å². The molecule has 0 bridgehead atoms. The Labute approximate surface area is 195 Å². The topological polar surface area (TPSA) is 161 Å². The van der Waals surface area contributed by atoms with Crippen molar-refractivity contribution in [2.45, 2.75) is 13.8 Å². The first-order chi connectivity index (χ1) is 8.07. The van der Waals surface area contributed by atoms with Gasteiger partial charge >= 0.3 is 97.8 Å². The second-order valence-electron chi connectivity index (χ2n) is 2.87. The Bertz CT molecular complexity index is 385. The predicted octanol–water partition coefficient (Wildman–Crippen LogP) is -5.90. The molecule has 0 heterocycles. The van der Waals surface area contributed by atoms with Crippen molar-refractivity contribution in [1.29, 1.82) is 0 Å². The van der Waals surface area contributed by atoms with Crippen molar-refractivity contribution in [3.8, 4) is 0 Å². The van der Waals surface area contributed by atoms with Crippen LogP contribution in [0.1, 0.15) is 13.8 Å². The number of carbonyl (C=O) groups excluding carboxylic acids is 4. The molecule has 0 unspecified atom stereocenters. The first kappa shape index (κ1) is 28.6. The van der Waals surface area contributed by atoms with Crippen molar-refractivity contribution in [2.75, 3.05) is 0 Å². The van der Waals surface area contributed by atoms with Crippen molar-refractivity contribution in [1.82, 2.24) is 0 Å². The van der Waals surface area contributed by atoms with Crippen molar-refractivity contribution < 1.29 is 39.6 Å². The minimum Gasteiger partial charge on any atom is -0.545 e. The number of aliphatic carboxylic acids is 4. The molecule has 0 spiro atoms. The van der Waals surface area contributed by atoms with Crippen molar-refractivity contribution in [3.05, 3.63) is 23.3 Å². The van der Waals surface area contributed by atoms with Crippen LogP contribution < -0.4 is 20.4 Å².